The first kappa shape index (κ1) is 12.4. The molecule has 0 bridgehead atoms. The zero-order chi connectivity index (χ0) is 13.2. The maximum atomic E-state index is 12.8. The smallest absolute Gasteiger partial charge is 0.228 e. The molecule has 0 heterocycles. The molecule has 1 aromatic carbocycles. The number of hydrogen-bond acceptors (Lipinski definition) is 1. The minimum absolute atomic E-state index is 0.100. The van der Waals surface area contributed by atoms with Crippen LogP contribution in [0.25, 0.3) is 0 Å². The molecule has 1 aromatic rings. The van der Waals surface area contributed by atoms with E-state index in [9.17, 15) is 9.18 Å². The Morgan fingerprint density at radius 1 is 1.05 bits per heavy atom. The van der Waals surface area contributed by atoms with E-state index in [0.29, 0.717) is 17.5 Å². The van der Waals surface area contributed by atoms with Gasteiger partial charge in [0, 0.05) is 11.6 Å². The van der Waals surface area contributed by atoms with Gasteiger partial charge in [-0.2, -0.15) is 0 Å². The average molecular weight is 259 g/mol. The molecule has 2 aliphatic carbocycles. The highest BCUT2D eigenvalue weighted by molar-refractivity contribution is 5.94. The lowest BCUT2D eigenvalue weighted by molar-refractivity contribution is -0.117. The van der Waals surface area contributed by atoms with E-state index in [1.54, 1.807) is 12.1 Å². The maximum Gasteiger partial charge on any atom is 0.228 e. The Balaban J connectivity index is 1.61. The number of carbonyl (C=O) groups excluding carboxylic acids is 1. The zero-order valence-electron chi connectivity index (χ0n) is 10.8. The Morgan fingerprint density at radius 2 is 1.63 bits per heavy atom. The number of nitrogens with one attached hydrogen (secondary N) is 1. The second kappa shape index (κ2) is 5.16. The molecule has 2 aliphatic rings. The number of allylic oxidation sites excluding steroid dienone is 2. The molecule has 1 saturated carbocycles. The normalized spacial score (nSPS) is 30.7. The molecule has 1 N–H and O–H groups in total. The van der Waals surface area contributed by atoms with Crippen molar-refractivity contribution >= 4 is 11.6 Å². The highest BCUT2D eigenvalue weighted by atomic mass is 19.1. The van der Waals surface area contributed by atoms with Gasteiger partial charge in [0.2, 0.25) is 5.91 Å². The molecule has 3 rings (SSSR count). The number of carbonyl (C=O) groups is 1. The molecule has 19 heavy (non-hydrogen) atoms. The van der Waals surface area contributed by atoms with Crippen LogP contribution in [0, 0.1) is 23.6 Å². The van der Waals surface area contributed by atoms with E-state index < -0.39 is 0 Å². The molecule has 0 aromatic heterocycles. The van der Waals surface area contributed by atoms with Crippen molar-refractivity contribution in [3.63, 3.8) is 0 Å². The summed E-state index contributed by atoms with van der Waals surface area (Å²) in [5.74, 6) is 1.07. The van der Waals surface area contributed by atoms with Crippen LogP contribution >= 0.6 is 0 Å². The van der Waals surface area contributed by atoms with E-state index in [-0.39, 0.29) is 17.6 Å². The second-order valence-corrected chi connectivity index (χ2v) is 5.48. The van der Waals surface area contributed by atoms with Crippen molar-refractivity contribution < 1.29 is 9.18 Å². The summed E-state index contributed by atoms with van der Waals surface area (Å²) in [5.41, 5.74) is 0.684. The molecule has 0 aliphatic heterocycles. The van der Waals surface area contributed by atoms with Gasteiger partial charge >= 0.3 is 0 Å². The van der Waals surface area contributed by atoms with Crippen LogP contribution in [0.2, 0.25) is 0 Å². The Kier molecular flexibility index (Phi) is 3.36. The molecule has 0 saturated heterocycles. The number of fused-ring (bicyclic) bond motifs is 1. The Labute approximate surface area is 112 Å². The van der Waals surface area contributed by atoms with Gasteiger partial charge in [0.15, 0.2) is 0 Å². The molecular weight excluding hydrogens is 241 g/mol. The summed E-state index contributed by atoms with van der Waals surface area (Å²) in [4.78, 5) is 12.2. The van der Waals surface area contributed by atoms with Crippen LogP contribution < -0.4 is 5.32 Å². The number of benzene rings is 1. The fourth-order valence-electron chi connectivity index (χ4n) is 3.19. The topological polar surface area (TPSA) is 29.1 Å². The van der Waals surface area contributed by atoms with Crippen LogP contribution in [-0.2, 0) is 4.79 Å². The van der Waals surface area contributed by atoms with Gasteiger partial charge < -0.3 is 5.32 Å². The predicted molar refractivity (Wildman–Crippen MR) is 73.1 cm³/mol. The first-order chi connectivity index (χ1) is 9.25. The summed E-state index contributed by atoms with van der Waals surface area (Å²) in [5, 5.41) is 2.90. The van der Waals surface area contributed by atoms with E-state index in [4.69, 9.17) is 0 Å². The molecular formula is C16H18FNO. The van der Waals surface area contributed by atoms with Crippen molar-refractivity contribution in [2.24, 2.45) is 17.8 Å². The third-order valence-corrected chi connectivity index (χ3v) is 4.25. The molecule has 3 atom stereocenters. The summed E-state index contributed by atoms with van der Waals surface area (Å²) in [6.07, 6.45) is 8.85. The van der Waals surface area contributed by atoms with Crippen LogP contribution in [0.15, 0.2) is 36.4 Å². The van der Waals surface area contributed by atoms with E-state index in [1.165, 1.54) is 12.1 Å². The summed E-state index contributed by atoms with van der Waals surface area (Å²) >= 11 is 0. The van der Waals surface area contributed by atoms with Gasteiger partial charge in [0.1, 0.15) is 5.82 Å². The first-order valence-corrected chi connectivity index (χ1v) is 6.97. The van der Waals surface area contributed by atoms with Gasteiger partial charge in [0.25, 0.3) is 0 Å². The Bertz CT molecular complexity index is 478. The standard InChI is InChI=1S/C16H18FNO/c17-11-7-9-12(10-8-11)18-16(19)15-13-5-3-1-2-4-6-14(13)15/h1-2,7-10,13-15H,3-6H2,(H,18,19)/b2-1+/t13-,14+,15?. The van der Waals surface area contributed by atoms with Crippen LogP contribution in [0.4, 0.5) is 10.1 Å². The molecule has 1 amide bonds. The van der Waals surface area contributed by atoms with E-state index in [0.717, 1.165) is 25.7 Å². The van der Waals surface area contributed by atoms with E-state index >= 15 is 0 Å². The lowest BCUT2D eigenvalue weighted by atomic mass is 10.1. The summed E-state index contributed by atoms with van der Waals surface area (Å²) in [7, 11) is 0. The van der Waals surface area contributed by atoms with Gasteiger partial charge in [-0.3, -0.25) is 4.79 Å². The van der Waals surface area contributed by atoms with Crippen LogP contribution in [0.5, 0.6) is 0 Å². The quantitative estimate of drug-likeness (QED) is 0.805. The van der Waals surface area contributed by atoms with Crippen molar-refractivity contribution in [2.75, 3.05) is 5.32 Å². The third kappa shape index (κ3) is 2.70. The highest BCUT2D eigenvalue weighted by Gasteiger charge is 2.53. The number of rotatable bonds is 2. The van der Waals surface area contributed by atoms with Gasteiger partial charge in [0.05, 0.1) is 0 Å². The number of hydrogen-bond donors (Lipinski definition) is 1. The Hall–Kier alpha value is -1.64. The van der Waals surface area contributed by atoms with Gasteiger partial charge in [-0.1, -0.05) is 12.2 Å². The zero-order valence-corrected chi connectivity index (χ0v) is 10.8. The average Bonchev–Trinajstić information content (AvgIpc) is 3.03. The highest BCUT2D eigenvalue weighted by Crippen LogP contribution is 2.53. The number of halogens is 1. The van der Waals surface area contributed by atoms with Crippen LogP contribution in [-0.4, -0.2) is 5.91 Å². The fraction of sp³-hybridized carbons (Fsp3) is 0.438. The summed E-state index contributed by atoms with van der Waals surface area (Å²) < 4.78 is 12.8. The molecule has 3 heteroatoms. The van der Waals surface area contributed by atoms with Crippen molar-refractivity contribution in [3.8, 4) is 0 Å². The van der Waals surface area contributed by atoms with E-state index in [1.807, 2.05) is 0 Å². The van der Waals surface area contributed by atoms with Crippen molar-refractivity contribution in [1.82, 2.24) is 0 Å². The molecule has 0 radical (unpaired) electrons. The lowest BCUT2D eigenvalue weighted by Gasteiger charge is -2.04. The summed E-state index contributed by atoms with van der Waals surface area (Å²) in [6, 6.07) is 5.96. The summed E-state index contributed by atoms with van der Waals surface area (Å²) in [6.45, 7) is 0. The Morgan fingerprint density at radius 3 is 2.21 bits per heavy atom. The van der Waals surface area contributed by atoms with Crippen LogP contribution in [0.3, 0.4) is 0 Å². The second-order valence-electron chi connectivity index (χ2n) is 5.48. The first-order valence-electron chi connectivity index (χ1n) is 6.97. The predicted octanol–water partition coefficient (Wildman–Crippen LogP) is 3.76. The largest absolute Gasteiger partial charge is 0.326 e. The minimum atomic E-state index is -0.280. The third-order valence-electron chi connectivity index (χ3n) is 4.25. The molecule has 0 spiro atoms. The fourth-order valence-corrected chi connectivity index (χ4v) is 3.19. The van der Waals surface area contributed by atoms with Gasteiger partial charge in [-0.05, 0) is 61.8 Å². The van der Waals surface area contributed by atoms with Crippen molar-refractivity contribution in [1.29, 1.82) is 0 Å². The molecule has 2 nitrogen and oxygen atoms in total. The number of anilines is 1. The maximum absolute atomic E-state index is 12.8. The van der Waals surface area contributed by atoms with E-state index in [2.05, 4.69) is 17.5 Å². The van der Waals surface area contributed by atoms with Gasteiger partial charge in [-0.25, -0.2) is 4.39 Å². The molecule has 1 fully saturated rings. The molecule has 100 valence electrons. The van der Waals surface area contributed by atoms with Crippen molar-refractivity contribution in [3.05, 3.63) is 42.2 Å². The minimum Gasteiger partial charge on any atom is -0.326 e. The monoisotopic (exact) mass is 259 g/mol. The van der Waals surface area contributed by atoms with Crippen LogP contribution in [0.1, 0.15) is 25.7 Å². The van der Waals surface area contributed by atoms with Crippen molar-refractivity contribution in [2.45, 2.75) is 25.7 Å². The lowest BCUT2D eigenvalue weighted by Crippen LogP contribution is -2.15. The van der Waals surface area contributed by atoms with Gasteiger partial charge in [-0.15, -0.1) is 0 Å². The SMILES string of the molecule is O=C(Nc1ccc(F)cc1)C1[C@H]2CC/C=C/CC[C@@H]12. The number of amides is 1. The molecule has 1 unspecified atom stereocenters.